The molecule has 2 atom stereocenters. The molecule has 0 aliphatic heterocycles. The van der Waals surface area contributed by atoms with Crippen molar-refractivity contribution in [3.8, 4) is 0 Å². The largest absolute Gasteiger partial charge is 0.0642 e. The first-order chi connectivity index (χ1) is 14.8. The SMILES string of the molecule is CCC(c1ccccc1)(c1ccccc1)C(c1ccccc1)C(C)c1ccccc1. The van der Waals surface area contributed by atoms with Crippen LogP contribution in [0.1, 0.15) is 54.4 Å². The molecule has 0 radical (unpaired) electrons. The third-order valence-electron chi connectivity index (χ3n) is 6.65. The Labute approximate surface area is 181 Å². The van der Waals surface area contributed by atoms with Crippen LogP contribution in [0.5, 0.6) is 0 Å². The van der Waals surface area contributed by atoms with E-state index >= 15 is 0 Å². The van der Waals surface area contributed by atoms with Crippen molar-refractivity contribution in [2.24, 2.45) is 0 Å². The van der Waals surface area contributed by atoms with Gasteiger partial charge in [-0.1, -0.05) is 135 Å². The molecule has 4 aromatic rings. The molecule has 2 unspecified atom stereocenters. The van der Waals surface area contributed by atoms with Crippen LogP contribution in [0, 0.1) is 0 Å². The minimum atomic E-state index is -0.126. The molecule has 4 aromatic carbocycles. The van der Waals surface area contributed by atoms with Gasteiger partial charge in [-0.2, -0.15) is 0 Å². The Morgan fingerprint density at radius 2 is 0.900 bits per heavy atom. The summed E-state index contributed by atoms with van der Waals surface area (Å²) in [5.74, 6) is 0.657. The van der Waals surface area contributed by atoms with Crippen molar-refractivity contribution in [2.45, 2.75) is 37.5 Å². The number of benzene rings is 4. The molecular formula is C30H30. The van der Waals surface area contributed by atoms with Gasteiger partial charge >= 0.3 is 0 Å². The second-order valence-corrected chi connectivity index (χ2v) is 8.14. The Kier molecular flexibility index (Phi) is 6.14. The first-order valence-electron chi connectivity index (χ1n) is 11.0. The van der Waals surface area contributed by atoms with Crippen molar-refractivity contribution in [3.05, 3.63) is 144 Å². The van der Waals surface area contributed by atoms with Crippen LogP contribution in [0.3, 0.4) is 0 Å². The van der Waals surface area contributed by atoms with Gasteiger partial charge in [0.25, 0.3) is 0 Å². The minimum Gasteiger partial charge on any atom is -0.0642 e. The normalized spacial score (nSPS) is 13.5. The fourth-order valence-electron chi connectivity index (χ4n) is 5.23. The fraction of sp³-hybridized carbons (Fsp3) is 0.200. The van der Waals surface area contributed by atoms with Gasteiger partial charge in [0.2, 0.25) is 0 Å². The highest BCUT2D eigenvalue weighted by molar-refractivity contribution is 5.47. The van der Waals surface area contributed by atoms with Gasteiger partial charge in [-0.05, 0) is 34.6 Å². The van der Waals surface area contributed by atoms with Crippen molar-refractivity contribution < 1.29 is 0 Å². The van der Waals surface area contributed by atoms with E-state index in [1.54, 1.807) is 0 Å². The predicted octanol–water partition coefficient (Wildman–Crippen LogP) is 7.97. The van der Waals surface area contributed by atoms with Gasteiger partial charge in [-0.3, -0.25) is 0 Å². The van der Waals surface area contributed by atoms with Crippen LogP contribution in [-0.4, -0.2) is 0 Å². The Balaban J connectivity index is 2.01. The van der Waals surface area contributed by atoms with E-state index in [1.807, 2.05) is 0 Å². The number of hydrogen-bond acceptors (Lipinski definition) is 0. The molecular weight excluding hydrogens is 360 g/mol. The van der Waals surface area contributed by atoms with Gasteiger partial charge < -0.3 is 0 Å². The predicted molar refractivity (Wildman–Crippen MR) is 128 cm³/mol. The van der Waals surface area contributed by atoms with Crippen LogP contribution in [0.2, 0.25) is 0 Å². The molecule has 0 bridgehead atoms. The van der Waals surface area contributed by atoms with Gasteiger partial charge in [0.05, 0.1) is 0 Å². The first-order valence-corrected chi connectivity index (χ1v) is 11.0. The van der Waals surface area contributed by atoms with Crippen molar-refractivity contribution in [3.63, 3.8) is 0 Å². The maximum Gasteiger partial charge on any atom is 0.0274 e. The van der Waals surface area contributed by atoms with E-state index in [0.29, 0.717) is 11.8 Å². The van der Waals surface area contributed by atoms with Crippen LogP contribution in [0.25, 0.3) is 0 Å². The van der Waals surface area contributed by atoms with Gasteiger partial charge in [0.1, 0.15) is 0 Å². The van der Waals surface area contributed by atoms with E-state index in [0.717, 1.165) is 6.42 Å². The van der Waals surface area contributed by atoms with Crippen molar-refractivity contribution in [2.75, 3.05) is 0 Å². The monoisotopic (exact) mass is 390 g/mol. The highest BCUT2D eigenvalue weighted by Crippen LogP contribution is 2.53. The van der Waals surface area contributed by atoms with Gasteiger partial charge in [-0.25, -0.2) is 0 Å². The summed E-state index contributed by atoms with van der Waals surface area (Å²) in [6, 6.07) is 44.2. The second kappa shape index (κ2) is 9.13. The number of hydrogen-bond donors (Lipinski definition) is 0. The fourth-order valence-corrected chi connectivity index (χ4v) is 5.23. The lowest BCUT2D eigenvalue weighted by molar-refractivity contribution is 0.354. The summed E-state index contributed by atoms with van der Waals surface area (Å²) in [6.07, 6.45) is 1.03. The second-order valence-electron chi connectivity index (χ2n) is 8.14. The quantitative estimate of drug-likeness (QED) is 0.300. The highest BCUT2D eigenvalue weighted by Gasteiger charge is 2.44. The Morgan fingerprint density at radius 3 is 1.30 bits per heavy atom. The molecule has 30 heavy (non-hydrogen) atoms. The molecule has 0 amide bonds. The molecule has 0 nitrogen and oxygen atoms in total. The lowest BCUT2D eigenvalue weighted by Crippen LogP contribution is -2.37. The third kappa shape index (κ3) is 3.71. The van der Waals surface area contributed by atoms with Gasteiger partial charge in [0.15, 0.2) is 0 Å². The van der Waals surface area contributed by atoms with E-state index < -0.39 is 0 Å². The Morgan fingerprint density at radius 1 is 0.533 bits per heavy atom. The lowest BCUT2D eigenvalue weighted by Gasteiger charge is -2.45. The van der Waals surface area contributed by atoms with E-state index in [-0.39, 0.29) is 5.41 Å². The molecule has 150 valence electrons. The van der Waals surface area contributed by atoms with Gasteiger partial charge in [0, 0.05) is 11.3 Å². The van der Waals surface area contributed by atoms with Gasteiger partial charge in [-0.15, -0.1) is 0 Å². The zero-order chi connectivity index (χ0) is 20.8. The summed E-state index contributed by atoms with van der Waals surface area (Å²) in [6.45, 7) is 4.73. The summed E-state index contributed by atoms with van der Waals surface area (Å²) in [5.41, 5.74) is 5.42. The maximum atomic E-state index is 2.39. The lowest BCUT2D eigenvalue weighted by atomic mass is 9.57. The molecule has 0 saturated heterocycles. The van der Waals surface area contributed by atoms with Crippen LogP contribution in [0.4, 0.5) is 0 Å². The van der Waals surface area contributed by atoms with Crippen molar-refractivity contribution in [1.82, 2.24) is 0 Å². The molecule has 0 heteroatoms. The van der Waals surface area contributed by atoms with Crippen LogP contribution in [-0.2, 0) is 5.41 Å². The summed E-state index contributed by atoms with van der Waals surface area (Å²) >= 11 is 0. The van der Waals surface area contributed by atoms with Crippen molar-refractivity contribution in [1.29, 1.82) is 0 Å². The average Bonchev–Trinajstić information content (AvgIpc) is 2.84. The highest BCUT2D eigenvalue weighted by atomic mass is 14.5. The smallest absolute Gasteiger partial charge is 0.0274 e. The molecule has 4 rings (SSSR count). The Bertz CT molecular complexity index is 981. The molecule has 0 spiro atoms. The summed E-state index contributed by atoms with van der Waals surface area (Å²) in [5, 5.41) is 0. The van der Waals surface area contributed by atoms with E-state index in [1.165, 1.54) is 22.3 Å². The minimum absolute atomic E-state index is 0.126. The summed E-state index contributed by atoms with van der Waals surface area (Å²) in [4.78, 5) is 0. The standard InChI is InChI=1S/C30H30/c1-3-30(27-20-12-6-13-21-27,28-22-14-7-15-23-28)29(26-18-10-5-11-19-26)24(2)25-16-8-4-9-17-25/h4-24,29H,3H2,1-2H3. The van der Waals surface area contributed by atoms with E-state index in [2.05, 4.69) is 135 Å². The Hall–Kier alpha value is -3.12. The van der Waals surface area contributed by atoms with Crippen LogP contribution < -0.4 is 0 Å². The van der Waals surface area contributed by atoms with E-state index in [9.17, 15) is 0 Å². The molecule has 0 heterocycles. The molecule has 0 N–H and O–H groups in total. The summed E-state index contributed by atoms with van der Waals surface area (Å²) in [7, 11) is 0. The number of rotatable bonds is 7. The topological polar surface area (TPSA) is 0 Å². The van der Waals surface area contributed by atoms with E-state index in [4.69, 9.17) is 0 Å². The molecule has 0 aromatic heterocycles. The molecule has 0 saturated carbocycles. The molecule has 0 fully saturated rings. The summed E-state index contributed by atoms with van der Waals surface area (Å²) < 4.78 is 0. The van der Waals surface area contributed by atoms with Crippen LogP contribution >= 0.6 is 0 Å². The molecule has 0 aliphatic rings. The van der Waals surface area contributed by atoms with Crippen molar-refractivity contribution >= 4 is 0 Å². The van der Waals surface area contributed by atoms with Crippen LogP contribution in [0.15, 0.2) is 121 Å². The third-order valence-corrected chi connectivity index (χ3v) is 6.65. The average molecular weight is 391 g/mol. The maximum absolute atomic E-state index is 2.39. The first kappa shape index (κ1) is 20.2. The zero-order valence-corrected chi connectivity index (χ0v) is 17.9. The molecule has 0 aliphatic carbocycles. The zero-order valence-electron chi connectivity index (χ0n) is 17.9.